The first kappa shape index (κ1) is 14.1. The minimum absolute atomic E-state index is 0.466. The van der Waals surface area contributed by atoms with Crippen molar-refractivity contribution in [3.8, 4) is 0 Å². The first-order valence-corrected chi connectivity index (χ1v) is 8.81. The first-order valence-electron chi connectivity index (χ1n) is 6.67. The number of para-hydroxylation sites is 1. The quantitative estimate of drug-likeness (QED) is 0.800. The fraction of sp³-hybridized carbons (Fsp3) is 0.600. The molecular formula is C15H23NS2. The van der Waals surface area contributed by atoms with Crippen LogP contribution in [-0.2, 0) is 0 Å². The van der Waals surface area contributed by atoms with E-state index in [-0.39, 0.29) is 0 Å². The lowest BCUT2D eigenvalue weighted by molar-refractivity contribution is 0.358. The van der Waals surface area contributed by atoms with Crippen LogP contribution < -0.4 is 5.32 Å². The molecule has 1 atom stereocenters. The maximum absolute atomic E-state index is 3.75. The van der Waals surface area contributed by atoms with E-state index in [0.29, 0.717) is 11.5 Å². The molecule has 1 aliphatic heterocycles. The third-order valence-corrected chi connectivity index (χ3v) is 5.74. The summed E-state index contributed by atoms with van der Waals surface area (Å²) in [7, 11) is 0. The highest BCUT2D eigenvalue weighted by Gasteiger charge is 2.28. The van der Waals surface area contributed by atoms with Gasteiger partial charge in [0.1, 0.15) is 0 Å². The largest absolute Gasteiger partial charge is 0.381 e. The van der Waals surface area contributed by atoms with Crippen molar-refractivity contribution >= 4 is 29.2 Å². The zero-order valence-corrected chi connectivity index (χ0v) is 13.2. The molecule has 0 bridgehead atoms. The van der Waals surface area contributed by atoms with Crippen LogP contribution in [0.2, 0.25) is 0 Å². The molecule has 1 N–H and O–H groups in total. The highest BCUT2D eigenvalue weighted by atomic mass is 32.2. The van der Waals surface area contributed by atoms with Gasteiger partial charge in [-0.1, -0.05) is 32.9 Å². The third kappa shape index (κ3) is 3.86. The minimum Gasteiger partial charge on any atom is -0.381 e. The first-order chi connectivity index (χ1) is 8.61. The normalized spacial score (nSPS) is 22.7. The number of benzene rings is 1. The van der Waals surface area contributed by atoms with Crippen molar-refractivity contribution in [3.05, 3.63) is 24.3 Å². The Balaban J connectivity index is 2.04. The summed E-state index contributed by atoms with van der Waals surface area (Å²) in [6.45, 7) is 6.96. The van der Waals surface area contributed by atoms with Gasteiger partial charge in [-0.25, -0.2) is 0 Å². The summed E-state index contributed by atoms with van der Waals surface area (Å²) in [6, 6.07) is 9.30. The van der Waals surface area contributed by atoms with Gasteiger partial charge in [-0.05, 0) is 35.5 Å². The Hall–Kier alpha value is -0.280. The van der Waals surface area contributed by atoms with Crippen LogP contribution in [0.1, 0.15) is 27.2 Å². The van der Waals surface area contributed by atoms with Crippen LogP contribution in [0.25, 0.3) is 0 Å². The van der Waals surface area contributed by atoms with Gasteiger partial charge in [0.15, 0.2) is 0 Å². The summed E-state index contributed by atoms with van der Waals surface area (Å²) in [4.78, 5) is 1.38. The van der Waals surface area contributed by atoms with Crippen LogP contribution in [-0.4, -0.2) is 23.3 Å². The van der Waals surface area contributed by atoms with Crippen molar-refractivity contribution in [2.75, 3.05) is 22.6 Å². The summed E-state index contributed by atoms with van der Waals surface area (Å²) in [5.41, 5.74) is 1.78. The molecule has 0 radical (unpaired) electrons. The molecule has 0 aromatic heterocycles. The summed E-state index contributed by atoms with van der Waals surface area (Å²) in [6.07, 6.45) is 1.27. The average molecular weight is 281 g/mol. The molecule has 1 heterocycles. The fourth-order valence-electron chi connectivity index (χ4n) is 2.44. The zero-order chi connectivity index (χ0) is 13.0. The van der Waals surface area contributed by atoms with Gasteiger partial charge in [0.05, 0.1) is 0 Å². The van der Waals surface area contributed by atoms with Crippen LogP contribution in [0.3, 0.4) is 0 Å². The predicted molar refractivity (Wildman–Crippen MR) is 86.0 cm³/mol. The van der Waals surface area contributed by atoms with E-state index in [1.165, 1.54) is 28.5 Å². The van der Waals surface area contributed by atoms with Crippen LogP contribution >= 0.6 is 23.5 Å². The van der Waals surface area contributed by atoms with Crippen molar-refractivity contribution < 1.29 is 0 Å². The summed E-state index contributed by atoms with van der Waals surface area (Å²) in [5, 5.41) is 3.75. The summed E-state index contributed by atoms with van der Waals surface area (Å²) < 4.78 is 0. The van der Waals surface area contributed by atoms with E-state index in [0.717, 1.165) is 5.75 Å². The highest BCUT2D eigenvalue weighted by Crippen LogP contribution is 2.36. The monoisotopic (exact) mass is 281 g/mol. The Morgan fingerprint density at radius 2 is 2.17 bits per heavy atom. The lowest BCUT2D eigenvalue weighted by atomic mass is 9.88. The molecule has 1 fully saturated rings. The van der Waals surface area contributed by atoms with Gasteiger partial charge in [0.25, 0.3) is 0 Å². The average Bonchev–Trinajstić information content (AvgIpc) is 2.31. The molecule has 2 rings (SSSR count). The molecule has 1 aliphatic rings. The maximum Gasteiger partial charge on any atom is 0.0480 e. The number of hydrogen-bond acceptors (Lipinski definition) is 3. The Labute approximate surface area is 120 Å². The van der Waals surface area contributed by atoms with Crippen LogP contribution in [0.15, 0.2) is 29.2 Å². The smallest absolute Gasteiger partial charge is 0.0480 e. The van der Waals surface area contributed by atoms with E-state index in [9.17, 15) is 0 Å². The lowest BCUT2D eigenvalue weighted by Gasteiger charge is -2.35. The predicted octanol–water partition coefficient (Wildman–Crippen LogP) is 4.74. The van der Waals surface area contributed by atoms with Crippen molar-refractivity contribution in [3.63, 3.8) is 0 Å². The zero-order valence-electron chi connectivity index (χ0n) is 11.5. The van der Waals surface area contributed by atoms with Gasteiger partial charge < -0.3 is 5.32 Å². The number of hydrogen-bond donors (Lipinski definition) is 1. The number of thioether (sulfide) groups is 2. The van der Waals surface area contributed by atoms with Crippen LogP contribution in [0.4, 0.5) is 5.69 Å². The van der Waals surface area contributed by atoms with Gasteiger partial charge in [-0.15, -0.1) is 11.8 Å². The van der Waals surface area contributed by atoms with Crippen molar-refractivity contribution in [2.45, 2.75) is 38.1 Å². The molecular weight excluding hydrogens is 258 g/mol. The Morgan fingerprint density at radius 1 is 1.39 bits per heavy atom. The molecule has 1 nitrogen and oxygen atoms in total. The molecule has 0 saturated carbocycles. The Bertz CT molecular complexity index is 390. The lowest BCUT2D eigenvalue weighted by Crippen LogP contribution is -2.35. The molecule has 0 amide bonds. The number of nitrogens with one attached hydrogen (secondary N) is 1. The van der Waals surface area contributed by atoms with E-state index in [1.54, 1.807) is 0 Å². The highest BCUT2D eigenvalue weighted by molar-refractivity contribution is 7.99. The molecule has 1 saturated heterocycles. The molecule has 1 unspecified atom stereocenters. The Morgan fingerprint density at radius 3 is 2.89 bits per heavy atom. The van der Waals surface area contributed by atoms with E-state index in [1.807, 2.05) is 11.8 Å². The van der Waals surface area contributed by atoms with E-state index in [2.05, 4.69) is 62.1 Å². The second kappa shape index (κ2) is 6.25. The number of rotatable bonds is 4. The van der Waals surface area contributed by atoms with Crippen molar-refractivity contribution in [2.24, 2.45) is 5.41 Å². The maximum atomic E-state index is 3.75. The molecule has 18 heavy (non-hydrogen) atoms. The van der Waals surface area contributed by atoms with E-state index >= 15 is 0 Å². The second-order valence-electron chi connectivity index (χ2n) is 5.65. The van der Waals surface area contributed by atoms with Crippen LogP contribution in [0, 0.1) is 5.41 Å². The summed E-state index contributed by atoms with van der Waals surface area (Å²) in [5.74, 6) is 3.65. The minimum atomic E-state index is 0.466. The standard InChI is InChI=1S/C15H23NS2/c1-4-18-14-8-6-5-7-13(14)16-12-9-15(2,3)11-17-10-12/h5-8,12,16H,4,9-11H2,1-3H3. The van der Waals surface area contributed by atoms with Crippen LogP contribution in [0.5, 0.6) is 0 Å². The third-order valence-electron chi connectivity index (χ3n) is 3.16. The Kier molecular flexibility index (Phi) is 4.91. The summed E-state index contributed by atoms with van der Waals surface area (Å²) >= 11 is 4.00. The topological polar surface area (TPSA) is 12.0 Å². The fourth-order valence-corrected chi connectivity index (χ4v) is 4.48. The molecule has 3 heteroatoms. The SMILES string of the molecule is CCSc1ccccc1NC1CSCC(C)(C)C1. The van der Waals surface area contributed by atoms with E-state index in [4.69, 9.17) is 0 Å². The van der Waals surface area contributed by atoms with Gasteiger partial charge in [0, 0.05) is 22.4 Å². The molecule has 100 valence electrons. The molecule has 0 spiro atoms. The van der Waals surface area contributed by atoms with Gasteiger partial charge in [-0.3, -0.25) is 0 Å². The van der Waals surface area contributed by atoms with Gasteiger partial charge in [0.2, 0.25) is 0 Å². The molecule has 1 aromatic rings. The molecule has 0 aliphatic carbocycles. The van der Waals surface area contributed by atoms with Gasteiger partial charge in [-0.2, -0.15) is 11.8 Å². The van der Waals surface area contributed by atoms with Crippen molar-refractivity contribution in [1.82, 2.24) is 0 Å². The van der Waals surface area contributed by atoms with Crippen molar-refractivity contribution in [1.29, 1.82) is 0 Å². The van der Waals surface area contributed by atoms with Gasteiger partial charge >= 0.3 is 0 Å². The molecule has 1 aromatic carbocycles. The second-order valence-corrected chi connectivity index (χ2v) is 7.99. The van der Waals surface area contributed by atoms with E-state index < -0.39 is 0 Å². The number of anilines is 1.